The molecule has 0 aliphatic heterocycles. The van der Waals surface area contributed by atoms with Gasteiger partial charge in [0.05, 0.1) is 30.1 Å². The Morgan fingerprint density at radius 2 is 2.35 bits per heavy atom. The van der Waals surface area contributed by atoms with Crippen molar-refractivity contribution >= 4 is 11.4 Å². The Balaban J connectivity index is 2.20. The lowest BCUT2D eigenvalue weighted by Crippen LogP contribution is -2.05. The molecule has 0 aliphatic rings. The molecule has 0 saturated heterocycles. The van der Waals surface area contributed by atoms with Gasteiger partial charge < -0.3 is 15.0 Å². The first-order valence-electron chi connectivity index (χ1n) is 6.33. The number of imidazole rings is 1. The molecule has 1 heterocycles. The van der Waals surface area contributed by atoms with Crippen LogP contribution in [0.1, 0.15) is 19.0 Å². The zero-order chi connectivity index (χ0) is 14.4. The Bertz CT molecular complexity index is 569. The van der Waals surface area contributed by atoms with E-state index in [4.69, 9.17) is 4.74 Å². The van der Waals surface area contributed by atoms with Crippen LogP contribution in [-0.4, -0.2) is 21.5 Å². The number of nitrogens with one attached hydrogen (secondary N) is 2. The van der Waals surface area contributed by atoms with Gasteiger partial charge in [0.2, 0.25) is 0 Å². The number of aromatic nitrogens is 2. The molecule has 0 aliphatic carbocycles. The summed E-state index contributed by atoms with van der Waals surface area (Å²) in [6.45, 7) is 2.83. The highest BCUT2D eigenvalue weighted by molar-refractivity contribution is 5.68. The largest absolute Gasteiger partial charge is 0.487 e. The highest BCUT2D eigenvalue weighted by atomic mass is 16.6. The van der Waals surface area contributed by atoms with Crippen molar-refractivity contribution in [3.05, 3.63) is 46.5 Å². The fourth-order valence-electron chi connectivity index (χ4n) is 1.75. The van der Waals surface area contributed by atoms with Gasteiger partial charge in [-0.2, -0.15) is 0 Å². The Hall–Kier alpha value is -2.57. The van der Waals surface area contributed by atoms with Gasteiger partial charge in [-0.1, -0.05) is 13.0 Å². The molecule has 20 heavy (non-hydrogen) atoms. The number of hydrogen-bond donors (Lipinski definition) is 2. The molecular weight excluding hydrogens is 260 g/mol. The van der Waals surface area contributed by atoms with Crippen molar-refractivity contribution in [1.29, 1.82) is 0 Å². The molecule has 7 nitrogen and oxygen atoms in total. The first kappa shape index (κ1) is 13.9. The lowest BCUT2D eigenvalue weighted by Gasteiger charge is -2.10. The molecule has 2 N–H and O–H groups in total. The van der Waals surface area contributed by atoms with Crippen molar-refractivity contribution < 1.29 is 9.66 Å². The van der Waals surface area contributed by atoms with Crippen LogP contribution in [0.3, 0.4) is 0 Å². The van der Waals surface area contributed by atoms with E-state index in [0.29, 0.717) is 18.8 Å². The second kappa shape index (κ2) is 6.55. The normalized spacial score (nSPS) is 10.2. The molecule has 0 atom stereocenters. The van der Waals surface area contributed by atoms with Gasteiger partial charge in [0.1, 0.15) is 5.69 Å². The van der Waals surface area contributed by atoms with Gasteiger partial charge in [-0.25, -0.2) is 4.98 Å². The van der Waals surface area contributed by atoms with Gasteiger partial charge in [-0.15, -0.1) is 0 Å². The summed E-state index contributed by atoms with van der Waals surface area (Å²) in [6, 6.07) is 5.00. The van der Waals surface area contributed by atoms with Crippen molar-refractivity contribution in [1.82, 2.24) is 9.97 Å². The number of nitrogens with zero attached hydrogens (tertiary/aromatic N) is 2. The quantitative estimate of drug-likeness (QED) is 0.599. The van der Waals surface area contributed by atoms with Crippen LogP contribution in [0, 0.1) is 10.1 Å². The maximum absolute atomic E-state index is 11.2. The number of para-hydroxylation sites is 1. The monoisotopic (exact) mass is 276 g/mol. The maximum Gasteiger partial charge on any atom is 0.333 e. The molecular formula is C13H16N4O3. The van der Waals surface area contributed by atoms with Gasteiger partial charge >= 0.3 is 5.69 Å². The summed E-state index contributed by atoms with van der Waals surface area (Å²) in [5, 5.41) is 14.3. The van der Waals surface area contributed by atoms with Gasteiger partial charge in [-0.05, 0) is 18.6 Å². The molecule has 0 unspecified atom stereocenters. The third-order valence-corrected chi connectivity index (χ3v) is 2.67. The first-order chi connectivity index (χ1) is 9.72. The number of ether oxygens (including phenoxy) is 1. The number of nitro groups is 1. The average Bonchev–Trinajstić information content (AvgIpc) is 2.95. The standard InChI is InChI=1S/C13H16N4O3/c1-2-6-20-12-5-3-4-11(13(12)17(18)19)15-8-10-7-14-9-16-10/h3-5,7,9,15H,2,6,8H2,1H3,(H,14,16). The van der Waals surface area contributed by atoms with E-state index >= 15 is 0 Å². The minimum absolute atomic E-state index is 0.0412. The van der Waals surface area contributed by atoms with E-state index in [-0.39, 0.29) is 11.4 Å². The minimum Gasteiger partial charge on any atom is -0.487 e. The Morgan fingerprint density at radius 1 is 1.50 bits per heavy atom. The Morgan fingerprint density at radius 3 is 3.00 bits per heavy atom. The SMILES string of the molecule is CCCOc1cccc(NCc2cnc[nH]2)c1[N+](=O)[O-]. The minimum atomic E-state index is -0.430. The van der Waals surface area contributed by atoms with Crippen molar-refractivity contribution in [2.45, 2.75) is 19.9 Å². The molecule has 7 heteroatoms. The molecule has 1 aromatic heterocycles. The molecule has 2 aromatic rings. The van der Waals surface area contributed by atoms with Gasteiger partial charge in [-0.3, -0.25) is 10.1 Å². The van der Waals surface area contributed by atoms with Crippen LogP contribution in [0.2, 0.25) is 0 Å². The first-order valence-corrected chi connectivity index (χ1v) is 6.33. The fraction of sp³-hybridized carbons (Fsp3) is 0.308. The summed E-state index contributed by atoms with van der Waals surface area (Å²) in [5.41, 5.74) is 1.23. The number of aromatic amines is 1. The van der Waals surface area contributed by atoms with Crippen molar-refractivity contribution in [3.8, 4) is 5.75 Å². The van der Waals surface area contributed by atoms with Crippen molar-refractivity contribution in [2.75, 3.05) is 11.9 Å². The summed E-state index contributed by atoms with van der Waals surface area (Å²) in [6.07, 6.45) is 4.02. The van der Waals surface area contributed by atoms with Crippen LogP contribution >= 0.6 is 0 Å². The second-order valence-electron chi connectivity index (χ2n) is 4.19. The number of H-pyrrole nitrogens is 1. The molecule has 1 aromatic carbocycles. The third-order valence-electron chi connectivity index (χ3n) is 2.67. The predicted octanol–water partition coefficient (Wildman–Crippen LogP) is 2.72. The number of hydrogen-bond acceptors (Lipinski definition) is 5. The average molecular weight is 276 g/mol. The smallest absolute Gasteiger partial charge is 0.333 e. The Kier molecular flexibility index (Phi) is 4.54. The predicted molar refractivity (Wildman–Crippen MR) is 74.8 cm³/mol. The van der Waals surface area contributed by atoms with Crippen molar-refractivity contribution in [3.63, 3.8) is 0 Å². The van der Waals surface area contributed by atoms with E-state index in [1.807, 2.05) is 6.92 Å². The zero-order valence-electron chi connectivity index (χ0n) is 11.1. The highest BCUT2D eigenvalue weighted by Gasteiger charge is 2.20. The van der Waals surface area contributed by atoms with Crippen molar-refractivity contribution in [2.24, 2.45) is 0 Å². The van der Waals surface area contributed by atoms with E-state index in [0.717, 1.165) is 12.1 Å². The number of anilines is 1. The van der Waals surface area contributed by atoms with Crippen LogP contribution in [0.4, 0.5) is 11.4 Å². The summed E-state index contributed by atoms with van der Waals surface area (Å²) in [7, 11) is 0. The van der Waals surface area contributed by atoms with E-state index in [1.54, 1.807) is 30.7 Å². The fourth-order valence-corrected chi connectivity index (χ4v) is 1.75. The molecule has 106 valence electrons. The third kappa shape index (κ3) is 3.25. The number of rotatable bonds is 7. The second-order valence-corrected chi connectivity index (χ2v) is 4.19. The molecule has 0 spiro atoms. The molecule has 0 saturated carbocycles. The van der Waals surface area contributed by atoms with Crippen LogP contribution in [0.5, 0.6) is 5.75 Å². The van der Waals surface area contributed by atoms with E-state index in [9.17, 15) is 10.1 Å². The maximum atomic E-state index is 11.2. The number of nitro benzene ring substituents is 1. The summed E-state index contributed by atoms with van der Waals surface area (Å²) >= 11 is 0. The lowest BCUT2D eigenvalue weighted by atomic mass is 10.2. The Labute approximate surface area is 116 Å². The zero-order valence-corrected chi connectivity index (χ0v) is 11.1. The van der Waals surface area contributed by atoms with Crippen LogP contribution < -0.4 is 10.1 Å². The molecule has 0 fully saturated rings. The van der Waals surface area contributed by atoms with Gasteiger partial charge in [0.25, 0.3) is 0 Å². The topological polar surface area (TPSA) is 93.1 Å². The van der Waals surface area contributed by atoms with E-state index in [2.05, 4.69) is 15.3 Å². The molecule has 0 bridgehead atoms. The van der Waals surface area contributed by atoms with Gasteiger partial charge in [0.15, 0.2) is 5.75 Å². The summed E-state index contributed by atoms with van der Waals surface area (Å²) < 4.78 is 5.42. The summed E-state index contributed by atoms with van der Waals surface area (Å²) in [5.74, 6) is 0.284. The highest BCUT2D eigenvalue weighted by Crippen LogP contribution is 2.35. The number of benzene rings is 1. The van der Waals surface area contributed by atoms with Crippen LogP contribution in [-0.2, 0) is 6.54 Å². The van der Waals surface area contributed by atoms with E-state index in [1.165, 1.54) is 0 Å². The van der Waals surface area contributed by atoms with Crippen LogP contribution in [0.25, 0.3) is 0 Å². The van der Waals surface area contributed by atoms with Gasteiger partial charge in [0, 0.05) is 6.20 Å². The molecule has 0 amide bonds. The van der Waals surface area contributed by atoms with E-state index < -0.39 is 4.92 Å². The lowest BCUT2D eigenvalue weighted by molar-refractivity contribution is -0.385. The summed E-state index contributed by atoms with van der Waals surface area (Å²) in [4.78, 5) is 17.6. The molecule has 2 rings (SSSR count). The molecule has 0 radical (unpaired) electrons. The van der Waals surface area contributed by atoms with Crippen LogP contribution in [0.15, 0.2) is 30.7 Å².